The lowest BCUT2D eigenvalue weighted by Crippen LogP contribution is -2.47. The van der Waals surface area contributed by atoms with E-state index in [1.54, 1.807) is 19.0 Å². The second-order valence-corrected chi connectivity index (χ2v) is 7.81. The number of amides is 1. The molecule has 1 aliphatic rings. The molecule has 0 saturated carbocycles. The number of anilines is 1. The van der Waals surface area contributed by atoms with Gasteiger partial charge in [0.2, 0.25) is 0 Å². The summed E-state index contributed by atoms with van der Waals surface area (Å²) in [4.78, 5) is 20.2. The Hall–Kier alpha value is -1.71. The number of benzene rings is 1. The number of likely N-dealkylation sites (N-methyl/N-ethyl adjacent to an activating group) is 1. The molecule has 28 heavy (non-hydrogen) atoms. The van der Waals surface area contributed by atoms with Gasteiger partial charge in [-0.3, -0.25) is 4.99 Å². The zero-order valence-electron chi connectivity index (χ0n) is 17.6. The van der Waals surface area contributed by atoms with Crippen LogP contribution in [0.2, 0.25) is 0 Å². The summed E-state index contributed by atoms with van der Waals surface area (Å²) < 4.78 is 5.35. The van der Waals surface area contributed by atoms with Crippen molar-refractivity contribution in [2.45, 2.75) is 38.8 Å². The number of guanidine groups is 1. The fraction of sp³-hybridized carbons (Fsp3) is 0.600. The van der Waals surface area contributed by atoms with E-state index in [2.05, 4.69) is 44.8 Å². The van der Waals surface area contributed by atoms with E-state index in [0.29, 0.717) is 19.1 Å². The minimum absolute atomic E-state index is 0. The molecule has 7 nitrogen and oxygen atoms in total. The van der Waals surface area contributed by atoms with E-state index in [1.807, 2.05) is 26.8 Å². The summed E-state index contributed by atoms with van der Waals surface area (Å²) in [6.07, 6.45) is 0.745. The average Bonchev–Trinajstić information content (AvgIpc) is 3.08. The van der Waals surface area contributed by atoms with Crippen LogP contribution in [0.25, 0.3) is 0 Å². The van der Waals surface area contributed by atoms with Crippen molar-refractivity contribution in [3.63, 3.8) is 0 Å². The highest BCUT2D eigenvalue weighted by molar-refractivity contribution is 14.0. The predicted molar refractivity (Wildman–Crippen MR) is 126 cm³/mol. The van der Waals surface area contributed by atoms with Crippen molar-refractivity contribution in [3.8, 4) is 0 Å². The van der Waals surface area contributed by atoms with Gasteiger partial charge in [-0.1, -0.05) is 18.2 Å². The van der Waals surface area contributed by atoms with Gasteiger partial charge in [-0.2, -0.15) is 0 Å². The molecule has 1 amide bonds. The van der Waals surface area contributed by atoms with Gasteiger partial charge in [-0.15, -0.1) is 24.0 Å². The van der Waals surface area contributed by atoms with E-state index < -0.39 is 5.60 Å². The average molecular weight is 503 g/mol. The molecule has 1 atom stereocenters. The molecule has 1 aromatic carbocycles. The standard InChI is InChI=1S/C20H33N5O2.HI/c1-20(2,3)27-19(26)24(5)14-12-22-18(21-4)23-16-11-13-25(15-16)17-9-7-6-8-10-17;/h6-10,16H,11-15H2,1-5H3,(H2,21,22,23);1H. The van der Waals surface area contributed by atoms with Crippen LogP contribution in [0.15, 0.2) is 35.3 Å². The van der Waals surface area contributed by atoms with Gasteiger partial charge >= 0.3 is 6.09 Å². The van der Waals surface area contributed by atoms with Crippen LogP contribution in [0, 0.1) is 0 Å². The first-order chi connectivity index (χ1) is 12.8. The zero-order valence-corrected chi connectivity index (χ0v) is 19.9. The summed E-state index contributed by atoms with van der Waals surface area (Å²) in [6, 6.07) is 10.8. The summed E-state index contributed by atoms with van der Waals surface area (Å²) >= 11 is 0. The Morgan fingerprint density at radius 1 is 1.32 bits per heavy atom. The molecule has 0 aliphatic carbocycles. The fourth-order valence-electron chi connectivity index (χ4n) is 2.91. The van der Waals surface area contributed by atoms with Crippen molar-refractivity contribution >= 4 is 41.7 Å². The van der Waals surface area contributed by atoms with Crippen LogP contribution in [-0.4, -0.2) is 68.9 Å². The number of nitrogens with one attached hydrogen (secondary N) is 2. The lowest BCUT2D eigenvalue weighted by molar-refractivity contribution is 0.0302. The Morgan fingerprint density at radius 2 is 2.00 bits per heavy atom. The molecular formula is C20H34IN5O2. The van der Waals surface area contributed by atoms with Crippen molar-refractivity contribution < 1.29 is 9.53 Å². The molecule has 1 fully saturated rings. The molecule has 2 N–H and O–H groups in total. The van der Waals surface area contributed by atoms with Crippen molar-refractivity contribution in [3.05, 3.63) is 30.3 Å². The zero-order chi connectivity index (χ0) is 19.9. The molecule has 1 aliphatic heterocycles. The molecule has 0 radical (unpaired) electrons. The first-order valence-electron chi connectivity index (χ1n) is 9.50. The fourth-order valence-corrected chi connectivity index (χ4v) is 2.91. The first kappa shape index (κ1) is 24.3. The second-order valence-electron chi connectivity index (χ2n) is 7.81. The summed E-state index contributed by atoms with van der Waals surface area (Å²) in [6.45, 7) is 8.71. The summed E-state index contributed by atoms with van der Waals surface area (Å²) in [5, 5.41) is 6.74. The topological polar surface area (TPSA) is 69.2 Å². The van der Waals surface area contributed by atoms with Crippen LogP contribution in [-0.2, 0) is 4.74 Å². The molecule has 1 unspecified atom stereocenters. The van der Waals surface area contributed by atoms with Crippen molar-refractivity contribution in [1.82, 2.24) is 15.5 Å². The molecule has 0 bridgehead atoms. The van der Waals surface area contributed by atoms with Crippen molar-refractivity contribution in [2.75, 3.05) is 45.2 Å². The Morgan fingerprint density at radius 3 is 2.61 bits per heavy atom. The minimum Gasteiger partial charge on any atom is -0.444 e. The van der Waals surface area contributed by atoms with E-state index in [1.165, 1.54) is 5.69 Å². The number of hydrogen-bond donors (Lipinski definition) is 2. The smallest absolute Gasteiger partial charge is 0.410 e. The van der Waals surface area contributed by atoms with E-state index in [4.69, 9.17) is 4.74 Å². The van der Waals surface area contributed by atoms with Gasteiger partial charge in [0.05, 0.1) is 0 Å². The molecule has 158 valence electrons. The number of hydrogen-bond acceptors (Lipinski definition) is 4. The number of rotatable bonds is 5. The van der Waals surface area contributed by atoms with E-state index >= 15 is 0 Å². The lowest BCUT2D eigenvalue weighted by Gasteiger charge is -2.25. The molecule has 1 heterocycles. The van der Waals surface area contributed by atoms with Crippen LogP contribution < -0.4 is 15.5 Å². The van der Waals surface area contributed by atoms with Crippen LogP contribution in [0.3, 0.4) is 0 Å². The third-order valence-electron chi connectivity index (χ3n) is 4.32. The van der Waals surface area contributed by atoms with Crippen molar-refractivity contribution in [1.29, 1.82) is 0 Å². The van der Waals surface area contributed by atoms with E-state index in [-0.39, 0.29) is 30.1 Å². The van der Waals surface area contributed by atoms with Gasteiger partial charge in [-0.05, 0) is 39.3 Å². The number of halogens is 1. The number of carbonyl (C=O) groups is 1. The maximum atomic E-state index is 12.0. The van der Waals surface area contributed by atoms with Crippen LogP contribution in [0.1, 0.15) is 27.2 Å². The molecule has 0 spiro atoms. The van der Waals surface area contributed by atoms with Gasteiger partial charge in [0, 0.05) is 52.0 Å². The van der Waals surface area contributed by atoms with Gasteiger partial charge in [0.25, 0.3) is 0 Å². The Balaban J connectivity index is 0.00000392. The Labute approximate surface area is 185 Å². The number of para-hydroxylation sites is 1. The number of nitrogens with zero attached hydrogens (tertiary/aromatic N) is 3. The molecule has 8 heteroatoms. The molecule has 1 saturated heterocycles. The monoisotopic (exact) mass is 503 g/mol. The normalized spacial score (nSPS) is 17.0. The second kappa shape index (κ2) is 11.3. The Bertz CT molecular complexity index is 633. The van der Waals surface area contributed by atoms with Gasteiger partial charge in [0.15, 0.2) is 5.96 Å². The van der Waals surface area contributed by atoms with E-state index in [9.17, 15) is 4.79 Å². The van der Waals surface area contributed by atoms with Gasteiger partial charge in [0.1, 0.15) is 5.60 Å². The van der Waals surface area contributed by atoms with Crippen LogP contribution in [0.5, 0.6) is 0 Å². The highest BCUT2D eigenvalue weighted by Gasteiger charge is 2.23. The summed E-state index contributed by atoms with van der Waals surface area (Å²) in [7, 11) is 3.50. The number of aliphatic imine (C=N–C) groups is 1. The third kappa shape index (κ3) is 8.12. The summed E-state index contributed by atoms with van der Waals surface area (Å²) in [5.74, 6) is 0.757. The predicted octanol–water partition coefficient (Wildman–Crippen LogP) is 2.92. The lowest BCUT2D eigenvalue weighted by atomic mass is 10.2. The number of carbonyl (C=O) groups excluding carboxylic acids is 1. The van der Waals surface area contributed by atoms with Gasteiger partial charge in [-0.25, -0.2) is 4.79 Å². The van der Waals surface area contributed by atoms with Crippen LogP contribution >= 0.6 is 24.0 Å². The van der Waals surface area contributed by atoms with Crippen LogP contribution in [0.4, 0.5) is 10.5 Å². The highest BCUT2D eigenvalue weighted by Crippen LogP contribution is 2.19. The highest BCUT2D eigenvalue weighted by atomic mass is 127. The summed E-state index contributed by atoms with van der Waals surface area (Å²) in [5.41, 5.74) is 0.771. The quantitative estimate of drug-likeness (QED) is 0.368. The molecule has 1 aromatic rings. The molecular weight excluding hydrogens is 469 g/mol. The first-order valence-corrected chi connectivity index (χ1v) is 9.50. The Kier molecular flexibility index (Phi) is 9.84. The van der Waals surface area contributed by atoms with Gasteiger partial charge < -0.3 is 25.2 Å². The van der Waals surface area contributed by atoms with E-state index in [0.717, 1.165) is 25.5 Å². The minimum atomic E-state index is -0.483. The maximum absolute atomic E-state index is 12.0. The SMILES string of the molecule is CN=C(NCCN(C)C(=O)OC(C)(C)C)NC1CCN(c2ccccc2)C1.I. The maximum Gasteiger partial charge on any atom is 0.410 e. The largest absolute Gasteiger partial charge is 0.444 e. The number of ether oxygens (including phenoxy) is 1. The van der Waals surface area contributed by atoms with Crippen molar-refractivity contribution in [2.24, 2.45) is 4.99 Å². The molecule has 2 rings (SSSR count). The molecule has 0 aromatic heterocycles. The third-order valence-corrected chi connectivity index (χ3v) is 4.32.